The fraction of sp³-hybridized carbons (Fsp3) is 0.647. The average molecular weight is 295 g/mol. The second kappa shape index (κ2) is 8.35. The molecule has 0 amide bonds. The van der Waals surface area contributed by atoms with Crippen LogP contribution in [-0.2, 0) is 6.42 Å². The molecule has 120 valence electrons. The fourth-order valence-corrected chi connectivity index (χ4v) is 2.48. The highest BCUT2D eigenvalue weighted by Gasteiger charge is 2.18. The monoisotopic (exact) mass is 295 g/mol. The molecule has 1 aromatic carbocycles. The molecule has 0 saturated carbocycles. The molecule has 4 heteroatoms. The molecule has 21 heavy (non-hydrogen) atoms. The highest BCUT2D eigenvalue weighted by atomic mass is 19.1. The van der Waals surface area contributed by atoms with Crippen molar-refractivity contribution in [2.75, 3.05) is 38.6 Å². The lowest BCUT2D eigenvalue weighted by molar-refractivity contribution is 0.407. The number of para-hydroxylation sites is 1. The van der Waals surface area contributed by atoms with Crippen LogP contribution >= 0.6 is 0 Å². The minimum Gasteiger partial charge on any atom is -0.367 e. The number of nitrogens with zero attached hydrogens (tertiary/aromatic N) is 2. The predicted molar refractivity (Wildman–Crippen MR) is 89.4 cm³/mol. The van der Waals surface area contributed by atoms with Crippen LogP contribution in [0.4, 0.5) is 10.1 Å². The summed E-state index contributed by atoms with van der Waals surface area (Å²) in [5, 5.41) is 0. The summed E-state index contributed by atoms with van der Waals surface area (Å²) < 4.78 is 14.4. The van der Waals surface area contributed by atoms with Gasteiger partial charge in [-0.05, 0) is 45.0 Å². The highest BCUT2D eigenvalue weighted by molar-refractivity contribution is 5.55. The number of hydrogen-bond acceptors (Lipinski definition) is 3. The van der Waals surface area contributed by atoms with Crippen molar-refractivity contribution in [1.82, 2.24) is 4.90 Å². The van der Waals surface area contributed by atoms with Crippen LogP contribution in [0.5, 0.6) is 0 Å². The van der Waals surface area contributed by atoms with Crippen LogP contribution in [0, 0.1) is 11.7 Å². The number of anilines is 1. The number of rotatable bonds is 8. The Kier molecular flexibility index (Phi) is 7.12. The summed E-state index contributed by atoms with van der Waals surface area (Å²) in [6.45, 7) is 8.85. The average Bonchev–Trinajstić information content (AvgIpc) is 2.34. The zero-order valence-corrected chi connectivity index (χ0v) is 14.1. The summed E-state index contributed by atoms with van der Waals surface area (Å²) in [5.41, 5.74) is 7.65. The van der Waals surface area contributed by atoms with Crippen LogP contribution in [0.2, 0.25) is 0 Å². The highest BCUT2D eigenvalue weighted by Crippen LogP contribution is 2.26. The Morgan fingerprint density at radius 1 is 1.14 bits per heavy atom. The molecule has 2 N–H and O–H groups in total. The van der Waals surface area contributed by atoms with Crippen molar-refractivity contribution in [3.8, 4) is 0 Å². The van der Waals surface area contributed by atoms with E-state index in [0.29, 0.717) is 12.3 Å². The smallest absolute Gasteiger partial charge is 0.146 e. The van der Waals surface area contributed by atoms with E-state index in [2.05, 4.69) is 23.6 Å². The minimum atomic E-state index is -0.146. The zero-order chi connectivity index (χ0) is 16.0. The van der Waals surface area contributed by atoms with Gasteiger partial charge in [0.05, 0.1) is 5.69 Å². The van der Waals surface area contributed by atoms with Gasteiger partial charge >= 0.3 is 0 Å². The molecule has 0 heterocycles. The van der Waals surface area contributed by atoms with Crippen molar-refractivity contribution in [3.05, 3.63) is 29.6 Å². The zero-order valence-electron chi connectivity index (χ0n) is 14.1. The molecular weight excluding hydrogens is 265 g/mol. The SMILES string of the molecule is CC(C)CN(CCN(C)C)c1c(F)cccc1CC(C)N. The summed E-state index contributed by atoms with van der Waals surface area (Å²) in [6, 6.07) is 5.34. The molecule has 0 saturated heterocycles. The standard InChI is InChI=1S/C17H30FN3/c1-13(2)12-21(10-9-20(4)5)17-15(11-14(3)19)7-6-8-16(17)18/h6-8,13-14H,9-12,19H2,1-5H3. The van der Waals surface area contributed by atoms with Gasteiger partial charge in [-0.2, -0.15) is 0 Å². The van der Waals surface area contributed by atoms with Crippen LogP contribution in [0.15, 0.2) is 18.2 Å². The van der Waals surface area contributed by atoms with Gasteiger partial charge in [0, 0.05) is 25.7 Å². The van der Waals surface area contributed by atoms with Crippen molar-refractivity contribution in [2.45, 2.75) is 33.2 Å². The van der Waals surface area contributed by atoms with Gasteiger partial charge in [-0.15, -0.1) is 0 Å². The van der Waals surface area contributed by atoms with Gasteiger partial charge in [-0.1, -0.05) is 26.0 Å². The maximum absolute atomic E-state index is 14.4. The first-order valence-electron chi connectivity index (χ1n) is 7.74. The van der Waals surface area contributed by atoms with E-state index < -0.39 is 0 Å². The van der Waals surface area contributed by atoms with Crippen molar-refractivity contribution >= 4 is 5.69 Å². The first-order chi connectivity index (χ1) is 9.81. The number of benzene rings is 1. The summed E-state index contributed by atoms with van der Waals surface area (Å²) in [7, 11) is 4.08. The summed E-state index contributed by atoms with van der Waals surface area (Å²) in [6.07, 6.45) is 0.698. The third-order valence-electron chi connectivity index (χ3n) is 3.33. The van der Waals surface area contributed by atoms with Crippen molar-refractivity contribution < 1.29 is 4.39 Å². The van der Waals surface area contributed by atoms with Gasteiger partial charge in [0.1, 0.15) is 5.82 Å². The van der Waals surface area contributed by atoms with Gasteiger partial charge in [-0.25, -0.2) is 4.39 Å². The van der Waals surface area contributed by atoms with E-state index >= 15 is 0 Å². The maximum atomic E-state index is 14.4. The van der Waals surface area contributed by atoms with Crippen LogP contribution in [0.1, 0.15) is 26.3 Å². The first-order valence-corrected chi connectivity index (χ1v) is 7.74. The van der Waals surface area contributed by atoms with Gasteiger partial charge in [0.15, 0.2) is 0 Å². The second-order valence-corrected chi connectivity index (χ2v) is 6.57. The number of nitrogens with two attached hydrogens (primary N) is 1. The van der Waals surface area contributed by atoms with Crippen LogP contribution in [0.3, 0.4) is 0 Å². The molecule has 0 aliphatic rings. The van der Waals surface area contributed by atoms with Crippen molar-refractivity contribution in [3.63, 3.8) is 0 Å². The molecule has 0 fully saturated rings. The molecule has 0 bridgehead atoms. The predicted octanol–water partition coefficient (Wildman–Crippen LogP) is 2.74. The van der Waals surface area contributed by atoms with E-state index in [1.54, 1.807) is 12.1 Å². The molecule has 0 aliphatic heterocycles. The van der Waals surface area contributed by atoms with E-state index in [1.165, 1.54) is 0 Å². The normalized spacial score (nSPS) is 13.0. The van der Waals surface area contributed by atoms with E-state index in [0.717, 1.165) is 30.9 Å². The number of halogens is 1. The first kappa shape index (κ1) is 17.9. The lowest BCUT2D eigenvalue weighted by Gasteiger charge is -2.30. The molecule has 0 aliphatic carbocycles. The Hall–Kier alpha value is -1.13. The maximum Gasteiger partial charge on any atom is 0.146 e. The quantitative estimate of drug-likeness (QED) is 0.800. The number of likely N-dealkylation sites (N-methyl/N-ethyl adjacent to an activating group) is 1. The Bertz CT molecular complexity index is 430. The lowest BCUT2D eigenvalue weighted by atomic mass is 10.0. The van der Waals surface area contributed by atoms with E-state index in [1.807, 2.05) is 27.1 Å². The van der Waals surface area contributed by atoms with E-state index in [-0.39, 0.29) is 11.9 Å². The van der Waals surface area contributed by atoms with Gasteiger partial charge in [-0.3, -0.25) is 0 Å². The van der Waals surface area contributed by atoms with Gasteiger partial charge in [0.25, 0.3) is 0 Å². The van der Waals surface area contributed by atoms with Crippen LogP contribution < -0.4 is 10.6 Å². The van der Waals surface area contributed by atoms with Crippen molar-refractivity contribution in [2.24, 2.45) is 11.7 Å². The number of hydrogen-bond donors (Lipinski definition) is 1. The summed E-state index contributed by atoms with van der Waals surface area (Å²) >= 11 is 0. The molecule has 1 unspecified atom stereocenters. The molecule has 1 atom stereocenters. The fourth-order valence-electron chi connectivity index (χ4n) is 2.48. The largest absolute Gasteiger partial charge is 0.367 e. The molecular formula is C17H30FN3. The van der Waals surface area contributed by atoms with Gasteiger partial charge < -0.3 is 15.5 Å². The summed E-state index contributed by atoms with van der Waals surface area (Å²) in [4.78, 5) is 4.29. The molecule has 3 nitrogen and oxygen atoms in total. The Morgan fingerprint density at radius 2 is 1.81 bits per heavy atom. The topological polar surface area (TPSA) is 32.5 Å². The van der Waals surface area contributed by atoms with Crippen LogP contribution in [-0.4, -0.2) is 44.7 Å². The molecule has 0 radical (unpaired) electrons. The molecule has 0 spiro atoms. The van der Waals surface area contributed by atoms with E-state index in [4.69, 9.17) is 5.73 Å². The third kappa shape index (κ3) is 6.02. The van der Waals surface area contributed by atoms with Gasteiger partial charge in [0.2, 0.25) is 0 Å². The second-order valence-electron chi connectivity index (χ2n) is 6.57. The Balaban J connectivity index is 3.08. The lowest BCUT2D eigenvalue weighted by Crippen LogP contribution is -2.36. The summed E-state index contributed by atoms with van der Waals surface area (Å²) in [5.74, 6) is 0.336. The minimum absolute atomic E-state index is 0.0281. The third-order valence-corrected chi connectivity index (χ3v) is 3.33. The Morgan fingerprint density at radius 3 is 2.33 bits per heavy atom. The van der Waals surface area contributed by atoms with Crippen molar-refractivity contribution in [1.29, 1.82) is 0 Å². The molecule has 1 rings (SSSR count). The van der Waals surface area contributed by atoms with Crippen LogP contribution in [0.25, 0.3) is 0 Å². The van der Waals surface area contributed by atoms with E-state index in [9.17, 15) is 4.39 Å². The molecule has 0 aromatic heterocycles. The Labute approximate surface area is 128 Å². The molecule has 1 aromatic rings.